The van der Waals surface area contributed by atoms with Gasteiger partial charge in [-0.3, -0.25) is 4.90 Å². The van der Waals surface area contributed by atoms with Crippen LogP contribution < -0.4 is 0 Å². The summed E-state index contributed by atoms with van der Waals surface area (Å²) in [6.07, 6.45) is 2.40. The predicted octanol–water partition coefficient (Wildman–Crippen LogP) is 2.17. The molecule has 2 fully saturated rings. The maximum atomic E-state index is 9.06. The smallest absolute Gasteiger partial charge is 0.0986 e. The van der Waals surface area contributed by atoms with Gasteiger partial charge < -0.3 is 0 Å². The SMILES string of the molecule is N#CC1CC2CC2N1Cc1ccccc1. The van der Waals surface area contributed by atoms with Crippen molar-refractivity contribution in [2.45, 2.75) is 31.5 Å². The maximum absolute atomic E-state index is 9.06. The maximum Gasteiger partial charge on any atom is 0.0986 e. The second-order valence-corrected chi connectivity index (χ2v) is 4.60. The van der Waals surface area contributed by atoms with E-state index in [-0.39, 0.29) is 6.04 Å². The average Bonchev–Trinajstić information content (AvgIpc) is 2.97. The first kappa shape index (κ1) is 8.94. The van der Waals surface area contributed by atoms with Crippen LogP contribution in [0.1, 0.15) is 18.4 Å². The molecule has 1 aromatic rings. The quantitative estimate of drug-likeness (QED) is 0.728. The van der Waals surface area contributed by atoms with Gasteiger partial charge in [0.2, 0.25) is 0 Å². The number of hydrogen-bond donors (Lipinski definition) is 0. The molecule has 0 amide bonds. The van der Waals surface area contributed by atoms with Crippen LogP contribution in [0.3, 0.4) is 0 Å². The normalized spacial score (nSPS) is 33.4. The molecule has 1 saturated heterocycles. The number of piperidine rings is 1. The van der Waals surface area contributed by atoms with Crippen LogP contribution in [0, 0.1) is 17.2 Å². The van der Waals surface area contributed by atoms with Crippen molar-refractivity contribution in [3.05, 3.63) is 35.9 Å². The zero-order chi connectivity index (χ0) is 10.3. The highest BCUT2D eigenvalue weighted by Gasteiger charge is 2.51. The Morgan fingerprint density at radius 2 is 2.07 bits per heavy atom. The van der Waals surface area contributed by atoms with Crippen LogP contribution in [0.15, 0.2) is 30.3 Å². The van der Waals surface area contributed by atoms with Gasteiger partial charge in [0.05, 0.1) is 12.1 Å². The summed E-state index contributed by atoms with van der Waals surface area (Å²) in [7, 11) is 0. The number of likely N-dealkylation sites (tertiary alicyclic amines) is 1. The second-order valence-electron chi connectivity index (χ2n) is 4.60. The molecule has 1 saturated carbocycles. The molecule has 3 unspecified atom stereocenters. The Morgan fingerprint density at radius 3 is 2.80 bits per heavy atom. The van der Waals surface area contributed by atoms with Gasteiger partial charge in [0.25, 0.3) is 0 Å². The fraction of sp³-hybridized carbons (Fsp3) is 0.462. The molecule has 0 radical (unpaired) electrons. The zero-order valence-corrected chi connectivity index (χ0v) is 8.63. The van der Waals surface area contributed by atoms with Crippen molar-refractivity contribution in [2.75, 3.05) is 0 Å². The van der Waals surface area contributed by atoms with Crippen LogP contribution in [0.25, 0.3) is 0 Å². The van der Waals surface area contributed by atoms with Crippen LogP contribution in [-0.2, 0) is 6.54 Å². The molecular formula is C13H14N2. The summed E-state index contributed by atoms with van der Waals surface area (Å²) in [5.74, 6) is 0.818. The Bertz CT molecular complexity index is 393. The van der Waals surface area contributed by atoms with E-state index in [1.807, 2.05) is 6.07 Å². The van der Waals surface area contributed by atoms with E-state index < -0.39 is 0 Å². The summed E-state index contributed by atoms with van der Waals surface area (Å²) in [5, 5.41) is 9.06. The third kappa shape index (κ3) is 1.53. The Kier molecular flexibility index (Phi) is 2.00. The first-order chi connectivity index (χ1) is 7.38. The third-order valence-electron chi connectivity index (χ3n) is 3.59. The Balaban J connectivity index is 1.75. The molecule has 2 aliphatic rings. The molecule has 0 bridgehead atoms. The number of benzene rings is 1. The Labute approximate surface area is 90.1 Å². The van der Waals surface area contributed by atoms with Gasteiger partial charge in [0.15, 0.2) is 0 Å². The van der Waals surface area contributed by atoms with Crippen molar-refractivity contribution in [2.24, 2.45) is 5.92 Å². The topological polar surface area (TPSA) is 27.0 Å². The molecule has 0 aromatic heterocycles. The molecule has 3 rings (SSSR count). The van der Waals surface area contributed by atoms with Crippen LogP contribution >= 0.6 is 0 Å². The van der Waals surface area contributed by atoms with Crippen LogP contribution in [0.5, 0.6) is 0 Å². The number of nitrogens with zero attached hydrogens (tertiary/aromatic N) is 2. The molecule has 1 heterocycles. The van der Waals surface area contributed by atoms with Crippen LogP contribution in [-0.4, -0.2) is 17.0 Å². The Morgan fingerprint density at radius 1 is 1.27 bits per heavy atom. The average molecular weight is 198 g/mol. The van der Waals surface area contributed by atoms with Crippen LogP contribution in [0.2, 0.25) is 0 Å². The van der Waals surface area contributed by atoms with Gasteiger partial charge in [0, 0.05) is 12.6 Å². The summed E-state index contributed by atoms with van der Waals surface area (Å²) in [6.45, 7) is 0.945. The van der Waals surface area contributed by atoms with E-state index in [0.717, 1.165) is 18.9 Å². The summed E-state index contributed by atoms with van der Waals surface area (Å²) in [6, 6.07) is 13.7. The minimum atomic E-state index is 0.161. The lowest BCUT2D eigenvalue weighted by Gasteiger charge is -2.22. The molecule has 1 aliphatic heterocycles. The highest BCUT2D eigenvalue weighted by atomic mass is 15.2. The van der Waals surface area contributed by atoms with Crippen molar-refractivity contribution in [1.29, 1.82) is 5.26 Å². The van der Waals surface area contributed by atoms with Gasteiger partial charge >= 0.3 is 0 Å². The highest BCUT2D eigenvalue weighted by Crippen LogP contribution is 2.48. The molecule has 1 aromatic carbocycles. The molecule has 0 spiro atoms. The van der Waals surface area contributed by atoms with Gasteiger partial charge in [0.1, 0.15) is 0 Å². The van der Waals surface area contributed by atoms with Gasteiger partial charge in [-0.1, -0.05) is 30.3 Å². The van der Waals surface area contributed by atoms with E-state index in [4.69, 9.17) is 5.26 Å². The summed E-state index contributed by atoms with van der Waals surface area (Å²) in [5.41, 5.74) is 1.32. The van der Waals surface area contributed by atoms with E-state index in [1.54, 1.807) is 0 Å². The highest BCUT2D eigenvalue weighted by molar-refractivity contribution is 5.19. The van der Waals surface area contributed by atoms with Gasteiger partial charge in [-0.25, -0.2) is 0 Å². The number of hydrogen-bond acceptors (Lipinski definition) is 2. The number of fused-ring (bicyclic) bond motifs is 1. The summed E-state index contributed by atoms with van der Waals surface area (Å²) >= 11 is 0. The molecule has 76 valence electrons. The fourth-order valence-corrected chi connectivity index (χ4v) is 2.69. The van der Waals surface area contributed by atoms with E-state index in [0.29, 0.717) is 6.04 Å². The van der Waals surface area contributed by atoms with Crippen molar-refractivity contribution >= 4 is 0 Å². The van der Waals surface area contributed by atoms with E-state index >= 15 is 0 Å². The third-order valence-corrected chi connectivity index (χ3v) is 3.59. The van der Waals surface area contributed by atoms with Gasteiger partial charge in [-0.05, 0) is 24.3 Å². The zero-order valence-electron chi connectivity index (χ0n) is 8.63. The minimum absolute atomic E-state index is 0.161. The molecular weight excluding hydrogens is 184 g/mol. The molecule has 1 aliphatic carbocycles. The van der Waals surface area contributed by atoms with Gasteiger partial charge in [-0.15, -0.1) is 0 Å². The lowest BCUT2D eigenvalue weighted by atomic mass is 10.1. The fourth-order valence-electron chi connectivity index (χ4n) is 2.69. The van der Waals surface area contributed by atoms with Crippen LogP contribution in [0.4, 0.5) is 0 Å². The molecule has 0 N–H and O–H groups in total. The van der Waals surface area contributed by atoms with Crippen molar-refractivity contribution < 1.29 is 0 Å². The summed E-state index contributed by atoms with van der Waals surface area (Å²) < 4.78 is 0. The Hall–Kier alpha value is -1.33. The van der Waals surface area contributed by atoms with E-state index in [1.165, 1.54) is 12.0 Å². The van der Waals surface area contributed by atoms with Crippen molar-refractivity contribution in [3.63, 3.8) is 0 Å². The molecule has 2 nitrogen and oxygen atoms in total. The van der Waals surface area contributed by atoms with E-state index in [9.17, 15) is 0 Å². The first-order valence-electron chi connectivity index (χ1n) is 5.58. The lowest BCUT2D eigenvalue weighted by Crippen LogP contribution is -2.31. The minimum Gasteiger partial charge on any atom is -0.280 e. The predicted molar refractivity (Wildman–Crippen MR) is 57.9 cm³/mol. The number of nitriles is 1. The standard InChI is InChI=1S/C13H14N2/c14-8-12-6-11-7-13(11)15(12)9-10-4-2-1-3-5-10/h1-5,11-13H,6-7,9H2. The largest absolute Gasteiger partial charge is 0.280 e. The summed E-state index contributed by atoms with van der Waals surface area (Å²) in [4.78, 5) is 2.38. The lowest BCUT2D eigenvalue weighted by molar-refractivity contribution is 0.247. The van der Waals surface area contributed by atoms with Crippen molar-refractivity contribution in [1.82, 2.24) is 4.90 Å². The van der Waals surface area contributed by atoms with Gasteiger partial charge in [-0.2, -0.15) is 5.26 Å². The van der Waals surface area contributed by atoms with E-state index in [2.05, 4.69) is 35.2 Å². The first-order valence-corrected chi connectivity index (χ1v) is 5.58. The second kappa shape index (κ2) is 3.36. The molecule has 15 heavy (non-hydrogen) atoms. The van der Waals surface area contributed by atoms with Crippen molar-refractivity contribution in [3.8, 4) is 6.07 Å². The molecule has 3 atom stereocenters. The number of rotatable bonds is 2. The molecule has 2 heteroatoms. The monoisotopic (exact) mass is 198 g/mol.